The fraction of sp³-hybridized carbons (Fsp3) is 0.714. The van der Waals surface area contributed by atoms with Gasteiger partial charge >= 0.3 is 6.09 Å². The highest BCUT2D eigenvalue weighted by Gasteiger charge is 2.24. The molecule has 0 radical (unpaired) electrons. The zero-order valence-corrected chi connectivity index (χ0v) is 12.1. The van der Waals surface area contributed by atoms with Gasteiger partial charge in [-0.1, -0.05) is 13.3 Å². The lowest BCUT2D eigenvalue weighted by atomic mass is 10.0. The fourth-order valence-corrected chi connectivity index (χ4v) is 2.50. The summed E-state index contributed by atoms with van der Waals surface area (Å²) in [6, 6.07) is 2.29. The van der Waals surface area contributed by atoms with Gasteiger partial charge in [0.25, 0.3) is 0 Å². The molecule has 1 fully saturated rings. The average Bonchev–Trinajstić information content (AvgIpc) is 2.97. The van der Waals surface area contributed by atoms with Crippen LogP contribution in [0.1, 0.15) is 38.3 Å². The Hall–Kier alpha value is -1.56. The van der Waals surface area contributed by atoms with Gasteiger partial charge in [0.2, 0.25) is 0 Å². The molecule has 0 bridgehead atoms. The van der Waals surface area contributed by atoms with E-state index in [0.717, 1.165) is 31.6 Å². The van der Waals surface area contributed by atoms with Crippen LogP contribution in [-0.2, 0) is 11.3 Å². The van der Waals surface area contributed by atoms with Crippen molar-refractivity contribution in [2.45, 2.75) is 45.2 Å². The lowest BCUT2D eigenvalue weighted by Gasteiger charge is -2.34. The van der Waals surface area contributed by atoms with Crippen molar-refractivity contribution in [1.82, 2.24) is 20.4 Å². The number of aromatic nitrogens is 2. The summed E-state index contributed by atoms with van der Waals surface area (Å²) in [6.45, 7) is 5.03. The summed E-state index contributed by atoms with van der Waals surface area (Å²) >= 11 is 0. The molecule has 1 aromatic rings. The van der Waals surface area contributed by atoms with Crippen molar-refractivity contribution in [1.29, 1.82) is 0 Å². The van der Waals surface area contributed by atoms with Crippen molar-refractivity contribution in [3.05, 3.63) is 18.0 Å². The Morgan fingerprint density at radius 1 is 1.60 bits per heavy atom. The van der Waals surface area contributed by atoms with Crippen LogP contribution >= 0.6 is 0 Å². The Morgan fingerprint density at radius 2 is 2.50 bits per heavy atom. The van der Waals surface area contributed by atoms with Gasteiger partial charge in [0, 0.05) is 31.0 Å². The summed E-state index contributed by atoms with van der Waals surface area (Å²) in [6.07, 6.45) is 5.86. The Morgan fingerprint density at radius 3 is 3.25 bits per heavy atom. The first-order valence-electron chi connectivity index (χ1n) is 7.42. The number of H-pyrrole nitrogens is 1. The fourth-order valence-electron chi connectivity index (χ4n) is 2.50. The Labute approximate surface area is 119 Å². The molecular weight excluding hydrogens is 256 g/mol. The van der Waals surface area contributed by atoms with Crippen LogP contribution in [0.25, 0.3) is 0 Å². The number of ether oxygens (including phenoxy) is 1. The van der Waals surface area contributed by atoms with E-state index in [1.165, 1.54) is 12.8 Å². The van der Waals surface area contributed by atoms with E-state index in [1.54, 1.807) is 6.20 Å². The quantitative estimate of drug-likeness (QED) is 0.835. The number of aromatic amines is 1. The second kappa shape index (κ2) is 7.89. The van der Waals surface area contributed by atoms with Crippen LogP contribution in [0.5, 0.6) is 0 Å². The van der Waals surface area contributed by atoms with Gasteiger partial charge in [-0.3, -0.25) is 10.00 Å². The van der Waals surface area contributed by atoms with Gasteiger partial charge in [-0.05, 0) is 31.9 Å². The monoisotopic (exact) mass is 280 g/mol. The maximum Gasteiger partial charge on any atom is 0.407 e. The number of piperidine rings is 1. The second-order valence-corrected chi connectivity index (χ2v) is 5.23. The number of hydrogen-bond donors (Lipinski definition) is 2. The summed E-state index contributed by atoms with van der Waals surface area (Å²) in [4.78, 5) is 13.9. The third-order valence-electron chi connectivity index (χ3n) is 3.61. The predicted octanol–water partition coefficient (Wildman–Crippen LogP) is 1.90. The lowest BCUT2D eigenvalue weighted by Crippen LogP contribution is -2.43. The number of carbonyl (C=O) groups is 1. The van der Waals surface area contributed by atoms with Crippen LogP contribution in [0, 0.1) is 0 Å². The molecule has 1 aliphatic heterocycles. The van der Waals surface area contributed by atoms with Crippen LogP contribution in [0.4, 0.5) is 4.79 Å². The predicted molar refractivity (Wildman–Crippen MR) is 76.3 cm³/mol. The minimum absolute atomic E-state index is 0.305. The maximum atomic E-state index is 11.5. The number of rotatable bonds is 6. The van der Waals surface area contributed by atoms with Crippen LogP contribution in [0.15, 0.2) is 12.3 Å². The number of nitrogens with zero attached hydrogens (tertiary/aromatic N) is 2. The number of alkyl carbamates (subject to hydrolysis) is 1. The van der Waals surface area contributed by atoms with Gasteiger partial charge in [0.05, 0.1) is 0 Å². The average molecular weight is 280 g/mol. The van der Waals surface area contributed by atoms with Crippen molar-refractivity contribution in [2.24, 2.45) is 0 Å². The molecule has 1 unspecified atom stereocenters. The Bertz CT molecular complexity index is 394. The first-order chi connectivity index (χ1) is 9.79. The largest absolute Gasteiger partial charge is 0.448 e. The second-order valence-electron chi connectivity index (χ2n) is 5.23. The number of likely N-dealkylation sites (tertiary alicyclic amines) is 1. The van der Waals surface area contributed by atoms with Crippen LogP contribution in [-0.4, -0.2) is 46.9 Å². The maximum absolute atomic E-state index is 11.5. The first-order valence-corrected chi connectivity index (χ1v) is 7.42. The molecule has 112 valence electrons. The van der Waals surface area contributed by atoms with E-state index in [0.29, 0.717) is 19.2 Å². The summed E-state index contributed by atoms with van der Waals surface area (Å²) in [5.74, 6) is 0. The molecule has 1 aliphatic rings. The molecule has 0 spiro atoms. The molecule has 6 heteroatoms. The van der Waals surface area contributed by atoms with E-state index in [2.05, 4.69) is 20.4 Å². The van der Waals surface area contributed by atoms with E-state index in [-0.39, 0.29) is 6.09 Å². The normalized spacial score (nSPS) is 19.8. The van der Waals surface area contributed by atoms with Gasteiger partial charge in [-0.25, -0.2) is 4.79 Å². The van der Waals surface area contributed by atoms with Gasteiger partial charge in [0.1, 0.15) is 6.61 Å². The summed E-state index contributed by atoms with van der Waals surface area (Å²) < 4.78 is 5.32. The molecule has 1 saturated heterocycles. The van der Waals surface area contributed by atoms with Crippen LogP contribution < -0.4 is 5.32 Å². The van der Waals surface area contributed by atoms with Crippen molar-refractivity contribution in [2.75, 3.05) is 19.7 Å². The Balaban J connectivity index is 1.79. The summed E-state index contributed by atoms with van der Waals surface area (Å²) in [5.41, 5.74) is 1.10. The topological polar surface area (TPSA) is 70.2 Å². The van der Waals surface area contributed by atoms with Crippen LogP contribution in [0.2, 0.25) is 0 Å². The molecule has 2 N–H and O–H groups in total. The smallest absolute Gasteiger partial charge is 0.407 e. The van der Waals surface area contributed by atoms with E-state index >= 15 is 0 Å². The van der Waals surface area contributed by atoms with E-state index in [4.69, 9.17) is 4.74 Å². The lowest BCUT2D eigenvalue weighted by molar-refractivity contribution is 0.0633. The van der Waals surface area contributed by atoms with E-state index < -0.39 is 0 Å². The highest BCUT2D eigenvalue weighted by molar-refractivity contribution is 5.67. The molecule has 1 aromatic heterocycles. The van der Waals surface area contributed by atoms with Gasteiger partial charge in [0.15, 0.2) is 0 Å². The zero-order valence-electron chi connectivity index (χ0n) is 12.1. The summed E-state index contributed by atoms with van der Waals surface area (Å²) in [7, 11) is 0. The molecular formula is C14H24N4O2. The number of amides is 1. The molecule has 1 amide bonds. The minimum Gasteiger partial charge on any atom is -0.448 e. The van der Waals surface area contributed by atoms with E-state index in [1.807, 2.05) is 13.0 Å². The SMILES string of the molecule is CCCNC(=O)OCC1CCCCN1Cc1ccn[nH]1. The molecule has 2 heterocycles. The molecule has 0 saturated carbocycles. The highest BCUT2D eigenvalue weighted by Crippen LogP contribution is 2.19. The molecule has 20 heavy (non-hydrogen) atoms. The third kappa shape index (κ3) is 4.52. The number of hydrogen-bond acceptors (Lipinski definition) is 4. The number of carbonyl (C=O) groups excluding carboxylic acids is 1. The van der Waals surface area contributed by atoms with Crippen molar-refractivity contribution in [3.63, 3.8) is 0 Å². The van der Waals surface area contributed by atoms with Gasteiger partial charge in [-0.15, -0.1) is 0 Å². The molecule has 2 rings (SSSR count). The highest BCUT2D eigenvalue weighted by atomic mass is 16.5. The van der Waals surface area contributed by atoms with Crippen molar-refractivity contribution < 1.29 is 9.53 Å². The third-order valence-corrected chi connectivity index (χ3v) is 3.61. The van der Waals surface area contributed by atoms with Gasteiger partial charge < -0.3 is 10.1 Å². The zero-order chi connectivity index (χ0) is 14.2. The molecule has 0 aliphatic carbocycles. The van der Waals surface area contributed by atoms with Gasteiger partial charge in [-0.2, -0.15) is 5.10 Å². The standard InChI is InChI=1S/C14H24N4O2/c1-2-7-15-14(19)20-11-13-5-3-4-9-18(13)10-12-6-8-16-17-12/h6,8,13H,2-5,7,9-11H2,1H3,(H,15,19)(H,16,17). The Kier molecular flexibility index (Phi) is 5.86. The van der Waals surface area contributed by atoms with E-state index in [9.17, 15) is 4.79 Å². The molecule has 0 aromatic carbocycles. The molecule has 1 atom stereocenters. The van der Waals surface area contributed by atoms with Crippen molar-refractivity contribution >= 4 is 6.09 Å². The van der Waals surface area contributed by atoms with Crippen molar-refractivity contribution in [3.8, 4) is 0 Å². The number of nitrogens with one attached hydrogen (secondary N) is 2. The van der Waals surface area contributed by atoms with Crippen LogP contribution in [0.3, 0.4) is 0 Å². The minimum atomic E-state index is -0.307. The first kappa shape index (κ1) is 14.8. The summed E-state index contributed by atoms with van der Waals surface area (Å²) in [5, 5.41) is 9.70. The molecule has 6 nitrogen and oxygen atoms in total.